The average Bonchev–Trinajstić information content (AvgIpc) is 3.22. The van der Waals surface area contributed by atoms with Gasteiger partial charge in [-0.2, -0.15) is 0 Å². The maximum Gasteiger partial charge on any atom is 0.211 e. The Bertz CT molecular complexity index is 774. The Balaban J connectivity index is 0.00000117. The topological polar surface area (TPSA) is 123 Å². The highest BCUT2D eigenvalue weighted by Gasteiger charge is 2.36. The highest BCUT2D eigenvalue weighted by atomic mass is 16.4. The molecule has 2 aliphatic carbocycles. The van der Waals surface area contributed by atoms with Crippen LogP contribution in [-0.4, -0.2) is 47.9 Å². The van der Waals surface area contributed by atoms with Gasteiger partial charge < -0.3 is 16.0 Å². The van der Waals surface area contributed by atoms with E-state index in [0.717, 1.165) is 13.0 Å². The molecule has 1 saturated heterocycles. The number of hydrogen-bond acceptors (Lipinski definition) is 6. The van der Waals surface area contributed by atoms with E-state index in [4.69, 9.17) is 10.9 Å². The lowest BCUT2D eigenvalue weighted by molar-refractivity contribution is -0.670. The van der Waals surface area contributed by atoms with Crippen LogP contribution in [0, 0.1) is 5.41 Å². The van der Waals surface area contributed by atoms with Crippen molar-refractivity contribution < 1.29 is 20.7 Å². The van der Waals surface area contributed by atoms with Crippen LogP contribution >= 0.6 is 0 Å². The molecule has 1 heterocycles. The minimum atomic E-state index is -0.259. The molecule has 0 unspecified atom stereocenters. The number of rotatable bonds is 5. The second kappa shape index (κ2) is 9.52. The van der Waals surface area contributed by atoms with Gasteiger partial charge in [-0.25, -0.2) is 11.1 Å². The van der Waals surface area contributed by atoms with Gasteiger partial charge in [0, 0.05) is 17.7 Å². The number of nitrogens with zero attached hydrogens (tertiary/aromatic N) is 1. The summed E-state index contributed by atoms with van der Waals surface area (Å²) < 4.78 is 0. The van der Waals surface area contributed by atoms with E-state index < -0.39 is 0 Å². The van der Waals surface area contributed by atoms with E-state index in [0.29, 0.717) is 23.1 Å². The third-order valence-electron chi connectivity index (χ3n) is 6.69. The number of Topliss-reactive ketones (excluding diaryl/α,β-unsaturated/α-hetero) is 2. The van der Waals surface area contributed by atoms with Crippen molar-refractivity contribution in [1.29, 1.82) is 0 Å². The predicted octanol–water partition coefficient (Wildman–Crippen LogP) is 1.49. The second-order valence-corrected chi connectivity index (χ2v) is 8.32. The van der Waals surface area contributed by atoms with Crippen LogP contribution in [0.1, 0.15) is 65.7 Å². The van der Waals surface area contributed by atoms with Gasteiger partial charge in [-0.15, -0.1) is 0 Å². The number of carbonyl (C=O) groups is 2. The molecule has 0 radical (unpaired) electrons. The number of carbonyl (C=O) groups excluding carboxylic acids is 2. The van der Waals surface area contributed by atoms with Crippen molar-refractivity contribution in [1.82, 2.24) is 10.2 Å². The van der Waals surface area contributed by atoms with E-state index in [1.54, 1.807) is 24.3 Å². The Hall–Kier alpha value is -2.22. The molecule has 29 heavy (non-hydrogen) atoms. The molecule has 2 fully saturated rings. The second-order valence-electron chi connectivity index (χ2n) is 8.32. The lowest BCUT2D eigenvalue weighted by Crippen LogP contribution is -2.42. The lowest BCUT2D eigenvalue weighted by atomic mass is 9.77. The van der Waals surface area contributed by atoms with Crippen LogP contribution in [0.3, 0.4) is 0 Å². The van der Waals surface area contributed by atoms with Crippen LogP contribution in [0.4, 0.5) is 0 Å². The van der Waals surface area contributed by atoms with Crippen molar-refractivity contribution in [3.8, 4) is 0 Å². The molecular formula is C22H33N4O3+. The number of likely N-dealkylation sites (tertiary alicyclic amines) is 1. The fourth-order valence-corrected chi connectivity index (χ4v) is 4.96. The molecular weight excluding hydrogens is 368 g/mol. The Morgan fingerprint density at radius 3 is 2.21 bits per heavy atom. The van der Waals surface area contributed by atoms with Crippen molar-refractivity contribution in [3.05, 3.63) is 46.8 Å². The van der Waals surface area contributed by atoms with Crippen LogP contribution in [0.15, 0.2) is 35.7 Å². The van der Waals surface area contributed by atoms with Gasteiger partial charge in [0.1, 0.15) is 11.4 Å². The van der Waals surface area contributed by atoms with Crippen molar-refractivity contribution in [2.75, 3.05) is 26.2 Å². The Kier molecular flexibility index (Phi) is 7.05. The van der Waals surface area contributed by atoms with Crippen molar-refractivity contribution in [2.45, 2.75) is 44.9 Å². The zero-order valence-corrected chi connectivity index (χ0v) is 17.1. The summed E-state index contributed by atoms with van der Waals surface area (Å²) in [4.78, 5) is 27.6. The number of hydrogen-bond donors (Lipinski definition) is 4. The number of quaternary nitrogens is 1. The van der Waals surface area contributed by atoms with Crippen LogP contribution in [0.5, 0.6) is 0 Å². The number of nitrogens with one attached hydrogen (secondary N) is 1. The fraction of sp³-hybridized carbons (Fsp3) is 0.545. The van der Waals surface area contributed by atoms with Gasteiger partial charge in [-0.1, -0.05) is 37.1 Å². The number of nitrogens with two attached hydrogens (primary N) is 1. The largest absolute Gasteiger partial charge is 0.394 e. The summed E-state index contributed by atoms with van der Waals surface area (Å²) in [6.45, 7) is 4.05. The molecule has 1 aromatic rings. The van der Waals surface area contributed by atoms with Gasteiger partial charge in [0.05, 0.1) is 0 Å². The van der Waals surface area contributed by atoms with E-state index >= 15 is 0 Å². The van der Waals surface area contributed by atoms with Gasteiger partial charge in [-0.05, 0) is 57.2 Å². The molecule has 4 rings (SSSR count). The normalized spacial score (nSPS) is 21.0. The molecule has 1 saturated carbocycles. The monoisotopic (exact) mass is 401 g/mol. The highest BCUT2D eigenvalue weighted by molar-refractivity contribution is 6.26. The van der Waals surface area contributed by atoms with Gasteiger partial charge in [0.2, 0.25) is 11.6 Å². The van der Waals surface area contributed by atoms with Crippen LogP contribution in [-0.2, 0) is 0 Å². The summed E-state index contributed by atoms with van der Waals surface area (Å²) in [7, 11) is 0. The molecule has 0 atom stereocenters. The van der Waals surface area contributed by atoms with E-state index in [9.17, 15) is 9.59 Å². The number of fused-ring (bicyclic) bond motifs is 1. The minimum absolute atomic E-state index is 0.0415. The molecule has 7 N–H and O–H groups in total. The van der Waals surface area contributed by atoms with Gasteiger partial charge in [-0.3, -0.25) is 9.59 Å². The zero-order chi connectivity index (χ0) is 20.9. The van der Waals surface area contributed by atoms with Crippen LogP contribution in [0.25, 0.3) is 0 Å². The molecule has 1 spiro atoms. The summed E-state index contributed by atoms with van der Waals surface area (Å²) in [5.74, 6) is 1.81. The molecule has 7 nitrogen and oxygen atoms in total. The van der Waals surface area contributed by atoms with E-state index in [2.05, 4.69) is 16.1 Å². The standard InChI is InChI=1S/C22H29N3O2.H4NO/c23-18-19(21(27)17-7-2-1-6-16(17)20(18)26)24-12-5-13-25-14-10-22(11-15-25)8-3-4-9-22;1-2/h1-2,6-7,24H,3-5,8-15,23H2;2H,1H3/q;+1. The van der Waals surface area contributed by atoms with Crippen LogP contribution < -0.4 is 16.9 Å². The summed E-state index contributed by atoms with van der Waals surface area (Å²) in [5.41, 5.74) is 7.76. The smallest absolute Gasteiger partial charge is 0.211 e. The number of ketones is 2. The van der Waals surface area contributed by atoms with Gasteiger partial charge in [0.15, 0.2) is 0 Å². The lowest BCUT2D eigenvalue weighted by Gasteiger charge is -2.39. The number of benzene rings is 1. The molecule has 158 valence electrons. The Morgan fingerprint density at radius 2 is 1.59 bits per heavy atom. The third kappa shape index (κ3) is 4.52. The first kappa shape index (κ1) is 21.5. The average molecular weight is 402 g/mol. The fourth-order valence-electron chi connectivity index (χ4n) is 4.96. The summed E-state index contributed by atoms with van der Waals surface area (Å²) >= 11 is 0. The maximum atomic E-state index is 12.6. The maximum absolute atomic E-state index is 12.6. The van der Waals surface area contributed by atoms with Crippen molar-refractivity contribution >= 4 is 11.6 Å². The predicted molar refractivity (Wildman–Crippen MR) is 110 cm³/mol. The van der Waals surface area contributed by atoms with E-state index in [1.165, 1.54) is 51.6 Å². The highest BCUT2D eigenvalue weighted by Crippen LogP contribution is 2.46. The first-order valence-corrected chi connectivity index (χ1v) is 10.6. The SMILES string of the molecule is NC1=C(NCCCN2CCC3(CCCC3)CC2)C(=O)c2ccccc2C1=O.[NH3+]O. The quantitative estimate of drug-likeness (QED) is 0.438. The molecule has 0 bridgehead atoms. The van der Waals surface area contributed by atoms with Gasteiger partial charge >= 0.3 is 0 Å². The van der Waals surface area contributed by atoms with Crippen molar-refractivity contribution in [3.63, 3.8) is 0 Å². The molecule has 3 aliphatic rings. The van der Waals surface area contributed by atoms with Crippen molar-refractivity contribution in [2.24, 2.45) is 11.1 Å². The Labute approximate surface area is 172 Å². The molecule has 1 aliphatic heterocycles. The van der Waals surface area contributed by atoms with E-state index in [1.807, 2.05) is 0 Å². The summed E-state index contributed by atoms with van der Waals surface area (Å²) in [5, 5.41) is 9.89. The molecule has 0 amide bonds. The van der Waals surface area contributed by atoms with Crippen LogP contribution in [0.2, 0.25) is 0 Å². The summed E-state index contributed by atoms with van der Waals surface area (Å²) in [6, 6.07) is 6.88. The molecule has 1 aromatic carbocycles. The minimum Gasteiger partial charge on any atom is -0.394 e. The first-order valence-electron chi connectivity index (χ1n) is 10.6. The summed E-state index contributed by atoms with van der Waals surface area (Å²) in [6.07, 6.45) is 9.28. The number of piperidine rings is 1. The first-order chi connectivity index (χ1) is 14.1. The third-order valence-corrected chi connectivity index (χ3v) is 6.69. The van der Waals surface area contributed by atoms with Gasteiger partial charge in [0.25, 0.3) is 0 Å². The molecule has 7 heteroatoms. The molecule has 0 aromatic heterocycles. The number of allylic oxidation sites excluding steroid dienone is 2. The zero-order valence-electron chi connectivity index (χ0n) is 17.1. The van der Waals surface area contributed by atoms with E-state index in [-0.39, 0.29) is 23.0 Å². The Morgan fingerprint density at radius 1 is 1.00 bits per heavy atom.